The van der Waals surface area contributed by atoms with E-state index in [4.69, 9.17) is 0 Å². The maximum atomic E-state index is 12.4. The highest BCUT2D eigenvalue weighted by molar-refractivity contribution is 9.10. The lowest BCUT2D eigenvalue weighted by Crippen LogP contribution is -2.30. The summed E-state index contributed by atoms with van der Waals surface area (Å²) in [6.07, 6.45) is 1.09. The normalized spacial score (nSPS) is 12.4. The van der Waals surface area contributed by atoms with Crippen LogP contribution in [0.1, 0.15) is 30.6 Å². The summed E-state index contributed by atoms with van der Waals surface area (Å²) in [5.74, 6) is 0.621. The average Bonchev–Trinajstić information content (AvgIpc) is 2.45. The van der Waals surface area contributed by atoms with Crippen molar-refractivity contribution in [1.82, 2.24) is 4.90 Å². The molecule has 0 saturated heterocycles. The maximum absolute atomic E-state index is 12.4. The summed E-state index contributed by atoms with van der Waals surface area (Å²) in [5, 5.41) is 2.23. The summed E-state index contributed by atoms with van der Waals surface area (Å²) < 4.78 is 1.05. The van der Waals surface area contributed by atoms with Crippen LogP contribution in [0.4, 0.5) is 0 Å². The quantitative estimate of drug-likeness (QED) is 0.792. The van der Waals surface area contributed by atoms with E-state index in [9.17, 15) is 4.79 Å². The van der Waals surface area contributed by atoms with Crippen LogP contribution in [0.25, 0.3) is 10.8 Å². The largest absolute Gasteiger partial charge is 0.341 e. The highest BCUT2D eigenvalue weighted by Crippen LogP contribution is 2.21. The molecule has 0 fully saturated rings. The molecule has 0 N–H and O–H groups in total. The van der Waals surface area contributed by atoms with Crippen LogP contribution < -0.4 is 0 Å². The van der Waals surface area contributed by atoms with Crippen molar-refractivity contribution in [1.29, 1.82) is 0 Å². The molecule has 0 aliphatic heterocycles. The molecule has 3 heteroatoms. The molecule has 1 unspecified atom stereocenters. The lowest BCUT2D eigenvalue weighted by atomic mass is 10.1. The molecular formula is C17H20BrNO. The van der Waals surface area contributed by atoms with E-state index >= 15 is 0 Å². The second-order valence-electron chi connectivity index (χ2n) is 5.41. The minimum atomic E-state index is 0.0927. The van der Waals surface area contributed by atoms with Crippen molar-refractivity contribution in [2.24, 2.45) is 5.92 Å². The number of hydrogen-bond donors (Lipinski definition) is 0. The van der Waals surface area contributed by atoms with Crippen molar-refractivity contribution in [2.75, 3.05) is 13.6 Å². The Labute approximate surface area is 128 Å². The number of rotatable bonds is 4. The van der Waals surface area contributed by atoms with Gasteiger partial charge in [-0.15, -0.1) is 0 Å². The van der Waals surface area contributed by atoms with Gasteiger partial charge in [-0.2, -0.15) is 0 Å². The van der Waals surface area contributed by atoms with Gasteiger partial charge in [-0.25, -0.2) is 0 Å². The van der Waals surface area contributed by atoms with Gasteiger partial charge in [-0.05, 0) is 41.0 Å². The van der Waals surface area contributed by atoms with Gasteiger partial charge in [0.05, 0.1) is 0 Å². The first-order chi connectivity index (χ1) is 9.51. The third-order valence-electron chi connectivity index (χ3n) is 3.68. The number of benzene rings is 2. The SMILES string of the molecule is CCC(C)CN(C)C(=O)c1ccc2cc(Br)ccc2c1. The van der Waals surface area contributed by atoms with Gasteiger partial charge < -0.3 is 4.90 Å². The number of amides is 1. The van der Waals surface area contributed by atoms with Gasteiger partial charge in [0, 0.05) is 23.6 Å². The van der Waals surface area contributed by atoms with Crippen molar-refractivity contribution in [3.8, 4) is 0 Å². The van der Waals surface area contributed by atoms with Gasteiger partial charge in [0.1, 0.15) is 0 Å². The minimum Gasteiger partial charge on any atom is -0.341 e. The van der Waals surface area contributed by atoms with E-state index in [-0.39, 0.29) is 5.91 Å². The highest BCUT2D eigenvalue weighted by atomic mass is 79.9. The molecule has 2 nitrogen and oxygen atoms in total. The standard InChI is InChI=1S/C17H20BrNO/c1-4-12(2)11-19(3)17(20)15-6-5-14-10-16(18)8-7-13(14)9-15/h5-10,12H,4,11H2,1-3H3. The molecule has 1 amide bonds. The zero-order valence-electron chi connectivity index (χ0n) is 12.2. The fourth-order valence-corrected chi connectivity index (χ4v) is 2.63. The molecule has 0 radical (unpaired) electrons. The van der Waals surface area contributed by atoms with Gasteiger partial charge in [0.15, 0.2) is 0 Å². The molecule has 0 saturated carbocycles. The number of nitrogens with zero attached hydrogens (tertiary/aromatic N) is 1. The number of fused-ring (bicyclic) bond motifs is 1. The maximum Gasteiger partial charge on any atom is 0.253 e. The second kappa shape index (κ2) is 6.40. The van der Waals surface area contributed by atoms with Gasteiger partial charge in [-0.3, -0.25) is 4.79 Å². The molecular weight excluding hydrogens is 314 g/mol. The molecule has 0 aliphatic carbocycles. The van der Waals surface area contributed by atoms with E-state index in [2.05, 4.69) is 35.8 Å². The smallest absolute Gasteiger partial charge is 0.253 e. The van der Waals surface area contributed by atoms with Crippen LogP contribution in [0.15, 0.2) is 40.9 Å². The van der Waals surface area contributed by atoms with Crippen molar-refractivity contribution >= 4 is 32.6 Å². The summed E-state index contributed by atoms with van der Waals surface area (Å²) in [6, 6.07) is 12.0. The van der Waals surface area contributed by atoms with E-state index in [1.165, 1.54) is 0 Å². The Bertz CT molecular complexity index is 623. The van der Waals surface area contributed by atoms with Crippen LogP contribution >= 0.6 is 15.9 Å². The van der Waals surface area contributed by atoms with Gasteiger partial charge in [0.25, 0.3) is 5.91 Å². The van der Waals surface area contributed by atoms with E-state index in [0.29, 0.717) is 5.92 Å². The predicted octanol–water partition coefficient (Wildman–Crippen LogP) is 4.72. The molecule has 106 valence electrons. The predicted molar refractivity (Wildman–Crippen MR) is 88.1 cm³/mol. The molecule has 1 atom stereocenters. The van der Waals surface area contributed by atoms with E-state index < -0.39 is 0 Å². The first-order valence-corrected chi connectivity index (χ1v) is 7.75. The van der Waals surface area contributed by atoms with Crippen LogP contribution in [0.5, 0.6) is 0 Å². The molecule has 0 heterocycles. The second-order valence-corrected chi connectivity index (χ2v) is 6.32. The van der Waals surface area contributed by atoms with Crippen LogP contribution in [0.2, 0.25) is 0 Å². The van der Waals surface area contributed by atoms with E-state index in [1.807, 2.05) is 42.3 Å². The van der Waals surface area contributed by atoms with Crippen LogP contribution in [0.3, 0.4) is 0 Å². The molecule has 0 aromatic heterocycles. The summed E-state index contributed by atoms with van der Waals surface area (Å²) in [6.45, 7) is 5.12. The minimum absolute atomic E-state index is 0.0927. The number of carbonyl (C=O) groups is 1. The lowest BCUT2D eigenvalue weighted by Gasteiger charge is -2.21. The molecule has 0 bridgehead atoms. The van der Waals surface area contributed by atoms with Crippen LogP contribution in [-0.4, -0.2) is 24.4 Å². The Kier molecular flexibility index (Phi) is 4.81. The molecule has 2 aromatic rings. The van der Waals surface area contributed by atoms with Crippen LogP contribution in [-0.2, 0) is 0 Å². The highest BCUT2D eigenvalue weighted by Gasteiger charge is 2.14. The van der Waals surface area contributed by atoms with Crippen molar-refractivity contribution in [2.45, 2.75) is 20.3 Å². The Balaban J connectivity index is 2.24. The fourth-order valence-electron chi connectivity index (χ4n) is 2.25. The first-order valence-electron chi connectivity index (χ1n) is 6.96. The molecule has 20 heavy (non-hydrogen) atoms. The van der Waals surface area contributed by atoms with Crippen molar-refractivity contribution in [3.63, 3.8) is 0 Å². The summed E-state index contributed by atoms with van der Waals surface area (Å²) in [7, 11) is 1.88. The third-order valence-corrected chi connectivity index (χ3v) is 4.17. The van der Waals surface area contributed by atoms with Gasteiger partial charge in [0.2, 0.25) is 0 Å². The van der Waals surface area contributed by atoms with Crippen molar-refractivity contribution < 1.29 is 4.79 Å². The fraction of sp³-hybridized carbons (Fsp3) is 0.353. The monoisotopic (exact) mass is 333 g/mol. The average molecular weight is 334 g/mol. The summed E-state index contributed by atoms with van der Waals surface area (Å²) >= 11 is 3.46. The Hall–Kier alpha value is -1.35. The Morgan fingerprint density at radius 2 is 1.85 bits per heavy atom. The van der Waals surface area contributed by atoms with E-state index in [0.717, 1.165) is 33.8 Å². The molecule has 0 aliphatic rings. The van der Waals surface area contributed by atoms with Gasteiger partial charge >= 0.3 is 0 Å². The Morgan fingerprint density at radius 1 is 1.20 bits per heavy atom. The van der Waals surface area contributed by atoms with E-state index in [1.54, 1.807) is 0 Å². The third kappa shape index (κ3) is 3.40. The zero-order valence-corrected chi connectivity index (χ0v) is 13.8. The molecule has 0 spiro atoms. The summed E-state index contributed by atoms with van der Waals surface area (Å²) in [4.78, 5) is 14.2. The number of carbonyl (C=O) groups excluding carboxylic acids is 1. The summed E-state index contributed by atoms with van der Waals surface area (Å²) in [5.41, 5.74) is 0.755. The van der Waals surface area contributed by atoms with Crippen molar-refractivity contribution in [3.05, 3.63) is 46.4 Å². The van der Waals surface area contributed by atoms with Gasteiger partial charge in [-0.1, -0.05) is 48.3 Å². The number of hydrogen-bond acceptors (Lipinski definition) is 1. The zero-order chi connectivity index (χ0) is 14.7. The first kappa shape index (κ1) is 15.0. The Morgan fingerprint density at radius 3 is 2.55 bits per heavy atom. The lowest BCUT2D eigenvalue weighted by molar-refractivity contribution is 0.0775. The molecule has 2 aromatic carbocycles. The number of halogens is 1. The topological polar surface area (TPSA) is 20.3 Å². The van der Waals surface area contributed by atoms with Crippen LogP contribution in [0, 0.1) is 5.92 Å². The molecule has 2 rings (SSSR count).